The van der Waals surface area contributed by atoms with E-state index in [4.69, 9.17) is 0 Å². The maximum atomic E-state index is 10.1. The van der Waals surface area contributed by atoms with Gasteiger partial charge in [-0.1, -0.05) is 20.3 Å². The number of hydrogen-bond donors (Lipinski definition) is 0. The van der Waals surface area contributed by atoms with Crippen LogP contribution in [0.4, 0.5) is 0 Å². The molecule has 0 aliphatic rings. The van der Waals surface area contributed by atoms with E-state index < -0.39 is 10.3 Å². The Balaban J connectivity index is 3.95. The highest BCUT2D eigenvalue weighted by Crippen LogP contribution is 2.06. The minimum Gasteiger partial charge on any atom is -0.184 e. The lowest BCUT2D eigenvalue weighted by Crippen LogP contribution is -1.99. The third-order valence-electron chi connectivity index (χ3n) is 1.39. The zero-order valence-electron chi connectivity index (χ0n) is 6.42. The smallest absolute Gasteiger partial charge is 0.184 e. The molecule has 1 unspecified atom stereocenters. The molecular weight excluding hydrogens is 148 g/mol. The van der Waals surface area contributed by atoms with Gasteiger partial charge in [0.15, 0.2) is 0 Å². The van der Waals surface area contributed by atoms with E-state index in [-0.39, 0.29) is 5.92 Å². The molecule has 10 heavy (non-hydrogen) atoms. The summed E-state index contributed by atoms with van der Waals surface area (Å²) >= 11 is 0. The quantitative estimate of drug-likeness (QED) is 0.584. The molecule has 0 N–H and O–H groups in total. The molecule has 0 saturated carbocycles. The van der Waals surface area contributed by atoms with E-state index in [0.717, 1.165) is 19.3 Å². The fourth-order valence-electron chi connectivity index (χ4n) is 0.831. The lowest BCUT2D eigenvalue weighted by molar-refractivity contribution is 0.602. The second-order valence-electron chi connectivity index (χ2n) is 2.25. The summed E-state index contributed by atoms with van der Waals surface area (Å²) in [5.74, 6) is 0.128. The Bertz CT molecular complexity index is 184. The van der Waals surface area contributed by atoms with Crippen LogP contribution in [0.3, 0.4) is 0 Å². The van der Waals surface area contributed by atoms with Crippen molar-refractivity contribution >= 4 is 15.7 Å². The van der Waals surface area contributed by atoms with Gasteiger partial charge >= 0.3 is 0 Å². The Hall–Kier alpha value is -0.310. The van der Waals surface area contributed by atoms with E-state index in [1.165, 1.54) is 0 Å². The van der Waals surface area contributed by atoms with Crippen LogP contribution >= 0.6 is 0 Å². The average Bonchev–Trinajstić information content (AvgIpc) is 1.86. The fraction of sp³-hybridized carbons (Fsp3) is 0.857. The molecule has 0 aliphatic carbocycles. The van der Waals surface area contributed by atoms with E-state index in [0.29, 0.717) is 0 Å². The summed E-state index contributed by atoms with van der Waals surface area (Å²) in [6.07, 6.45) is 2.80. The highest BCUT2D eigenvalue weighted by Gasteiger charge is 2.01. The summed E-state index contributed by atoms with van der Waals surface area (Å²) in [6, 6.07) is 0. The molecule has 1 radical (unpaired) electrons. The van der Waals surface area contributed by atoms with Crippen LogP contribution in [-0.4, -0.2) is 13.8 Å². The monoisotopic (exact) mass is 161 g/mol. The highest BCUT2D eigenvalue weighted by molar-refractivity contribution is 7.71. The third kappa shape index (κ3) is 4.56. The third-order valence-corrected chi connectivity index (χ3v) is 1.92. The molecule has 0 heterocycles. The highest BCUT2D eigenvalue weighted by atomic mass is 32.2. The lowest BCUT2D eigenvalue weighted by Gasteiger charge is -2.02. The van der Waals surface area contributed by atoms with Crippen molar-refractivity contribution in [2.45, 2.75) is 33.1 Å². The van der Waals surface area contributed by atoms with Gasteiger partial charge in [0.25, 0.3) is 0 Å². The van der Waals surface area contributed by atoms with Crippen molar-refractivity contribution in [1.82, 2.24) is 0 Å². The van der Waals surface area contributed by atoms with Gasteiger partial charge in [0.1, 0.15) is 0 Å². The second-order valence-corrected chi connectivity index (χ2v) is 2.95. The predicted molar refractivity (Wildman–Crippen MR) is 42.6 cm³/mol. The predicted octanol–water partition coefficient (Wildman–Crippen LogP) is 1.37. The molecule has 0 amide bonds. The van der Waals surface area contributed by atoms with E-state index in [2.05, 4.69) is 5.37 Å². The van der Waals surface area contributed by atoms with Gasteiger partial charge in [-0.25, -0.2) is 0 Å². The molecular formula is C7H13O2S. The van der Waals surface area contributed by atoms with Crippen LogP contribution in [0.25, 0.3) is 0 Å². The second kappa shape index (κ2) is 5.47. The van der Waals surface area contributed by atoms with Gasteiger partial charge in [-0.2, -0.15) is 8.42 Å². The van der Waals surface area contributed by atoms with Crippen LogP contribution in [0.5, 0.6) is 0 Å². The molecule has 2 nitrogen and oxygen atoms in total. The number of hydrogen-bond acceptors (Lipinski definition) is 2. The van der Waals surface area contributed by atoms with Crippen LogP contribution in [0.1, 0.15) is 33.1 Å². The van der Waals surface area contributed by atoms with E-state index >= 15 is 0 Å². The van der Waals surface area contributed by atoms with Crippen molar-refractivity contribution in [3.63, 3.8) is 0 Å². The van der Waals surface area contributed by atoms with Crippen molar-refractivity contribution in [3.8, 4) is 0 Å². The first-order valence-electron chi connectivity index (χ1n) is 3.56. The largest absolute Gasteiger partial charge is 0.218 e. The van der Waals surface area contributed by atoms with Crippen LogP contribution < -0.4 is 0 Å². The van der Waals surface area contributed by atoms with Crippen LogP contribution in [0, 0.1) is 5.92 Å². The summed E-state index contributed by atoms with van der Waals surface area (Å²) in [5.41, 5.74) is 0. The van der Waals surface area contributed by atoms with E-state index in [9.17, 15) is 8.42 Å². The van der Waals surface area contributed by atoms with E-state index in [1.54, 1.807) is 0 Å². The average molecular weight is 161 g/mol. The summed E-state index contributed by atoms with van der Waals surface area (Å²) in [5, 5.41) is 2.45. The topological polar surface area (TPSA) is 34.1 Å². The molecule has 0 saturated heterocycles. The molecule has 0 aromatic heterocycles. The van der Waals surface area contributed by atoms with Gasteiger partial charge in [-0.15, -0.1) is 0 Å². The van der Waals surface area contributed by atoms with Gasteiger partial charge in [0, 0.05) is 0 Å². The molecule has 0 aliphatic heterocycles. The molecule has 0 rings (SSSR count). The van der Waals surface area contributed by atoms with Crippen LogP contribution in [-0.2, 0) is 10.3 Å². The molecule has 0 aromatic carbocycles. The van der Waals surface area contributed by atoms with Crippen molar-refractivity contribution in [3.05, 3.63) is 0 Å². The maximum absolute atomic E-state index is 10.1. The summed E-state index contributed by atoms with van der Waals surface area (Å²) in [4.78, 5) is 0. The SMILES string of the molecule is CCCC([C]=S(=O)=O)CC. The first-order valence-corrected chi connectivity index (χ1v) is 4.63. The number of rotatable bonds is 4. The molecule has 0 bridgehead atoms. The Morgan fingerprint density at radius 3 is 2.30 bits per heavy atom. The van der Waals surface area contributed by atoms with Gasteiger partial charge in [0.2, 0.25) is 10.3 Å². The zero-order valence-corrected chi connectivity index (χ0v) is 7.24. The first-order chi connectivity index (χ1) is 4.70. The van der Waals surface area contributed by atoms with Gasteiger partial charge < -0.3 is 0 Å². The van der Waals surface area contributed by atoms with Gasteiger partial charge in [0.05, 0.1) is 5.37 Å². The van der Waals surface area contributed by atoms with Gasteiger partial charge in [-0.05, 0) is 18.8 Å². The molecule has 3 heteroatoms. The standard InChI is InChI=1S/C7H13O2S/c1-3-5-7(4-2)6-10(8)9/h7H,3-5H2,1-2H3. The lowest BCUT2D eigenvalue weighted by atomic mass is 10.0. The molecule has 0 spiro atoms. The minimum atomic E-state index is -2.10. The Morgan fingerprint density at radius 1 is 1.40 bits per heavy atom. The summed E-state index contributed by atoms with van der Waals surface area (Å²) in [6.45, 7) is 4.01. The normalized spacial score (nSPS) is 12.6. The van der Waals surface area contributed by atoms with Crippen LogP contribution in [0.2, 0.25) is 0 Å². The summed E-state index contributed by atoms with van der Waals surface area (Å²) in [7, 11) is -2.10. The molecule has 59 valence electrons. The van der Waals surface area contributed by atoms with Crippen molar-refractivity contribution in [2.24, 2.45) is 5.92 Å². The Labute approximate surface area is 63.8 Å². The first kappa shape index (κ1) is 9.69. The Morgan fingerprint density at radius 2 is 2.00 bits per heavy atom. The Kier molecular flexibility index (Phi) is 5.30. The molecule has 0 fully saturated rings. The molecule has 1 atom stereocenters. The fourth-order valence-corrected chi connectivity index (χ4v) is 1.39. The van der Waals surface area contributed by atoms with Gasteiger partial charge in [-0.3, -0.25) is 0 Å². The maximum Gasteiger partial charge on any atom is 0.218 e. The molecule has 0 aromatic rings. The summed E-state index contributed by atoms with van der Waals surface area (Å²) < 4.78 is 20.3. The zero-order chi connectivity index (χ0) is 7.98. The van der Waals surface area contributed by atoms with E-state index in [1.807, 2.05) is 13.8 Å². The van der Waals surface area contributed by atoms with Crippen LogP contribution in [0.15, 0.2) is 0 Å². The minimum absolute atomic E-state index is 0.128. The van der Waals surface area contributed by atoms with Crippen molar-refractivity contribution in [2.75, 3.05) is 0 Å². The van der Waals surface area contributed by atoms with Crippen molar-refractivity contribution in [1.29, 1.82) is 0 Å². The van der Waals surface area contributed by atoms with Crippen molar-refractivity contribution < 1.29 is 8.42 Å².